The largest absolute Gasteiger partial charge is 0.391 e. The molecule has 0 saturated carbocycles. The van der Waals surface area contributed by atoms with Crippen LogP contribution >= 0.6 is 11.6 Å². The van der Waals surface area contributed by atoms with E-state index >= 15 is 0 Å². The Morgan fingerprint density at radius 2 is 2.33 bits per heavy atom. The Balaban J connectivity index is 2.54. The van der Waals surface area contributed by atoms with E-state index in [0.717, 1.165) is 4.57 Å². The average molecular weight is 314 g/mol. The molecule has 0 amide bonds. The van der Waals surface area contributed by atoms with Gasteiger partial charge in [0.25, 0.3) is 0 Å². The van der Waals surface area contributed by atoms with E-state index in [-0.39, 0.29) is 5.82 Å². The molecule has 4 N–H and O–H groups in total. The normalized spacial score (nSPS) is 33.3. The van der Waals surface area contributed by atoms with Gasteiger partial charge >= 0.3 is 5.69 Å². The third-order valence-corrected chi connectivity index (χ3v) is 3.79. The fourth-order valence-electron chi connectivity index (χ4n) is 2.28. The van der Waals surface area contributed by atoms with Gasteiger partial charge in [0.05, 0.1) is 6.10 Å². The van der Waals surface area contributed by atoms with Crippen LogP contribution in [0.2, 0.25) is 0 Å². The molecule has 5 atom stereocenters. The first-order valence-electron chi connectivity index (χ1n) is 6.30. The molecule has 1 saturated heterocycles. The van der Waals surface area contributed by atoms with E-state index in [4.69, 9.17) is 22.1 Å². The zero-order chi connectivity index (χ0) is 15.8. The summed E-state index contributed by atoms with van der Waals surface area (Å²) in [5, 5.41) is 20.0. The van der Waals surface area contributed by atoms with Crippen LogP contribution in [0, 0.1) is 11.8 Å². The van der Waals surface area contributed by atoms with Gasteiger partial charge in [-0.25, -0.2) is 4.79 Å². The second kappa shape index (κ2) is 5.66. The topological polar surface area (TPSA) is 111 Å². The average Bonchev–Trinajstić information content (AvgIpc) is 2.64. The summed E-state index contributed by atoms with van der Waals surface area (Å²) in [6, 6.07) is 1.41. The van der Waals surface area contributed by atoms with Crippen LogP contribution in [0.3, 0.4) is 0 Å². The third kappa shape index (κ3) is 2.63. The Morgan fingerprint density at radius 3 is 2.86 bits per heavy atom. The monoisotopic (exact) mass is 313 g/mol. The number of ether oxygens (including phenoxy) is 1. The summed E-state index contributed by atoms with van der Waals surface area (Å²) in [7, 11) is 0. The molecule has 114 valence electrons. The maximum atomic E-state index is 11.9. The lowest BCUT2D eigenvalue weighted by molar-refractivity contribution is -0.0773. The first-order chi connectivity index (χ1) is 9.81. The van der Waals surface area contributed by atoms with Crippen LogP contribution in [0.25, 0.3) is 0 Å². The van der Waals surface area contributed by atoms with Crippen LogP contribution in [0.15, 0.2) is 17.1 Å². The van der Waals surface area contributed by atoms with E-state index in [1.807, 2.05) is 0 Å². The van der Waals surface area contributed by atoms with Crippen molar-refractivity contribution in [1.82, 2.24) is 9.55 Å². The number of hydrogen-bond donors (Lipinski definition) is 3. The van der Waals surface area contributed by atoms with E-state index < -0.39 is 35.1 Å². The first kappa shape index (κ1) is 15.8. The van der Waals surface area contributed by atoms with Crippen molar-refractivity contribution in [2.75, 3.05) is 5.73 Å². The molecule has 1 unspecified atom stereocenters. The summed E-state index contributed by atoms with van der Waals surface area (Å²) in [5.74, 6) is 5.32. The number of alkyl halides is 1. The van der Waals surface area contributed by atoms with Gasteiger partial charge in [0.15, 0.2) is 11.1 Å². The number of rotatable bonds is 2. The van der Waals surface area contributed by atoms with Gasteiger partial charge in [0, 0.05) is 6.20 Å². The third-order valence-electron chi connectivity index (χ3n) is 3.28. The Kier molecular flexibility index (Phi) is 4.25. The second-order valence-corrected chi connectivity index (χ2v) is 5.45. The molecule has 0 aliphatic carbocycles. The highest BCUT2D eigenvalue weighted by Crippen LogP contribution is 2.43. The Bertz CT molecular complexity index is 651. The Hall–Kier alpha value is -1.59. The highest BCUT2D eigenvalue weighted by Gasteiger charge is 2.57. The number of halogens is 1. The summed E-state index contributed by atoms with van der Waals surface area (Å²) in [5.41, 5.74) is 4.76. The fraction of sp³-hybridized carbons (Fsp3) is 0.538. The Morgan fingerprint density at radius 1 is 1.67 bits per heavy atom. The fourth-order valence-corrected chi connectivity index (χ4v) is 2.66. The van der Waals surface area contributed by atoms with E-state index in [2.05, 4.69) is 16.8 Å². The van der Waals surface area contributed by atoms with Crippen LogP contribution in [-0.4, -0.2) is 43.0 Å². The lowest BCUT2D eigenvalue weighted by Gasteiger charge is -2.25. The van der Waals surface area contributed by atoms with Crippen LogP contribution in [-0.2, 0) is 4.74 Å². The van der Waals surface area contributed by atoms with Crippen LogP contribution < -0.4 is 11.4 Å². The number of aliphatic hydroxyl groups is 2. The smallest absolute Gasteiger partial charge is 0.351 e. The van der Waals surface area contributed by atoms with E-state index in [1.54, 1.807) is 6.92 Å². The predicted octanol–water partition coefficient (Wildman–Crippen LogP) is -0.535. The molecule has 0 bridgehead atoms. The van der Waals surface area contributed by atoms with Gasteiger partial charge in [-0.3, -0.25) is 4.57 Å². The van der Waals surface area contributed by atoms with Crippen molar-refractivity contribution in [3.8, 4) is 11.8 Å². The molecule has 21 heavy (non-hydrogen) atoms. The molecule has 0 spiro atoms. The van der Waals surface area contributed by atoms with Crippen molar-refractivity contribution in [1.29, 1.82) is 0 Å². The van der Waals surface area contributed by atoms with Crippen molar-refractivity contribution < 1.29 is 14.9 Å². The SMILES string of the molecule is CC#C[C@@]1(Cl)C(O)[C@@H]([C@@H](C)O)O[C@H]1n1ccc(N)nc1=O. The molecule has 0 aromatic carbocycles. The van der Waals surface area contributed by atoms with Crippen molar-refractivity contribution in [3.63, 3.8) is 0 Å². The second-order valence-electron chi connectivity index (χ2n) is 4.82. The lowest BCUT2D eigenvalue weighted by Crippen LogP contribution is -2.44. The zero-order valence-corrected chi connectivity index (χ0v) is 12.3. The van der Waals surface area contributed by atoms with Gasteiger partial charge in [0.2, 0.25) is 0 Å². The van der Waals surface area contributed by atoms with Crippen molar-refractivity contribution in [2.24, 2.45) is 0 Å². The van der Waals surface area contributed by atoms with Crippen LogP contribution in [0.5, 0.6) is 0 Å². The standard InChI is InChI=1S/C13H16ClN3O4/c1-3-5-13(14)10(19)9(7(2)18)21-11(13)17-6-4-8(15)16-12(17)20/h4,6-7,9-11,18-19H,1-2H3,(H2,15,16,20)/t7-,9-,10?,11-,13-/m1/s1. The molecular weight excluding hydrogens is 298 g/mol. The zero-order valence-electron chi connectivity index (χ0n) is 11.5. The predicted molar refractivity (Wildman–Crippen MR) is 76.5 cm³/mol. The van der Waals surface area contributed by atoms with Gasteiger partial charge in [-0.1, -0.05) is 17.5 Å². The molecule has 1 fully saturated rings. The maximum Gasteiger partial charge on any atom is 0.351 e. The van der Waals surface area contributed by atoms with E-state index in [0.29, 0.717) is 0 Å². The quantitative estimate of drug-likeness (QED) is 0.500. The molecule has 2 heterocycles. The molecule has 0 radical (unpaired) electrons. The lowest BCUT2D eigenvalue weighted by atomic mass is 9.96. The highest BCUT2D eigenvalue weighted by atomic mass is 35.5. The maximum absolute atomic E-state index is 11.9. The molecule has 8 heteroatoms. The highest BCUT2D eigenvalue weighted by molar-refractivity contribution is 6.27. The van der Waals surface area contributed by atoms with Gasteiger partial charge in [-0.2, -0.15) is 4.98 Å². The van der Waals surface area contributed by atoms with Gasteiger partial charge in [-0.15, -0.1) is 5.92 Å². The first-order valence-corrected chi connectivity index (χ1v) is 6.68. The summed E-state index contributed by atoms with van der Waals surface area (Å²) >= 11 is 6.39. The number of anilines is 1. The number of nitrogens with zero attached hydrogens (tertiary/aromatic N) is 2. The number of aromatic nitrogens is 2. The van der Waals surface area contributed by atoms with Crippen LogP contribution in [0.1, 0.15) is 20.1 Å². The van der Waals surface area contributed by atoms with Crippen molar-refractivity contribution in [2.45, 2.75) is 43.3 Å². The molecule has 1 aromatic rings. The number of nitrogen functional groups attached to an aromatic ring is 1. The molecule has 1 aromatic heterocycles. The minimum Gasteiger partial charge on any atom is -0.391 e. The summed E-state index contributed by atoms with van der Waals surface area (Å²) in [6.45, 7) is 3.00. The molecular formula is C13H16ClN3O4. The molecule has 2 rings (SSSR count). The van der Waals surface area contributed by atoms with E-state index in [9.17, 15) is 15.0 Å². The Labute approximate surface area is 126 Å². The molecule has 1 aliphatic heterocycles. The van der Waals surface area contributed by atoms with Crippen molar-refractivity contribution in [3.05, 3.63) is 22.7 Å². The number of hydrogen-bond acceptors (Lipinski definition) is 6. The number of nitrogens with two attached hydrogens (primary N) is 1. The van der Waals surface area contributed by atoms with Gasteiger partial charge in [0.1, 0.15) is 18.0 Å². The minimum absolute atomic E-state index is 0.0589. The van der Waals surface area contributed by atoms with Gasteiger partial charge < -0.3 is 20.7 Å². The van der Waals surface area contributed by atoms with Crippen molar-refractivity contribution >= 4 is 17.4 Å². The molecule has 7 nitrogen and oxygen atoms in total. The summed E-state index contributed by atoms with van der Waals surface area (Å²) < 4.78 is 6.65. The minimum atomic E-state index is -1.57. The van der Waals surface area contributed by atoms with E-state index in [1.165, 1.54) is 19.2 Å². The van der Waals surface area contributed by atoms with Gasteiger partial charge in [-0.05, 0) is 19.9 Å². The number of aliphatic hydroxyl groups excluding tert-OH is 2. The molecule has 1 aliphatic rings. The summed E-state index contributed by atoms with van der Waals surface area (Å²) in [4.78, 5) is 14.0. The summed E-state index contributed by atoms with van der Waals surface area (Å²) in [6.07, 6.45) is -2.97. The van der Waals surface area contributed by atoms with Crippen LogP contribution in [0.4, 0.5) is 5.82 Å².